The Kier molecular flexibility index (Phi) is 8.54. The van der Waals surface area contributed by atoms with Crippen molar-refractivity contribution in [2.45, 2.75) is 70.3 Å². The summed E-state index contributed by atoms with van der Waals surface area (Å²) in [5, 5.41) is 0. The van der Waals surface area contributed by atoms with Crippen molar-refractivity contribution < 1.29 is 35.5 Å². The summed E-state index contributed by atoms with van der Waals surface area (Å²) in [5.74, 6) is 1.26. The summed E-state index contributed by atoms with van der Waals surface area (Å²) >= 11 is 0. The zero-order valence-corrected chi connectivity index (χ0v) is 19.5. The van der Waals surface area contributed by atoms with Crippen LogP contribution in [0, 0.1) is 13.8 Å². The van der Waals surface area contributed by atoms with E-state index in [0.29, 0.717) is 24.7 Å². The van der Waals surface area contributed by atoms with E-state index < -0.39 is 15.5 Å². The lowest BCUT2D eigenvalue weighted by Crippen LogP contribution is -2.37. The van der Waals surface area contributed by atoms with Gasteiger partial charge in [-0.3, -0.25) is 0 Å². The van der Waals surface area contributed by atoms with Gasteiger partial charge in [0, 0.05) is 18.7 Å². The number of hydrogen-bond donors (Lipinski definition) is 1. The van der Waals surface area contributed by atoms with Gasteiger partial charge >= 0.3 is 15.5 Å². The average Bonchev–Trinajstić information content (AvgIpc) is 3.12. The van der Waals surface area contributed by atoms with Gasteiger partial charge in [-0.05, 0) is 58.1 Å². The van der Waals surface area contributed by atoms with Crippen LogP contribution in [0.15, 0.2) is 28.7 Å². The van der Waals surface area contributed by atoms with Crippen molar-refractivity contribution in [3.63, 3.8) is 0 Å². The number of halogens is 3. The first-order valence-corrected chi connectivity index (χ1v) is 12.4. The SMILES string of the molecule is Cc1cccc(-c2nc(CO[C@H]3CCC[C@@H](OCCCNS(=O)(=O)C(F)(F)F)C3)c(C)o2)c1. The number of nitrogens with one attached hydrogen (secondary N) is 1. The van der Waals surface area contributed by atoms with E-state index in [1.54, 1.807) is 0 Å². The van der Waals surface area contributed by atoms with E-state index in [1.165, 1.54) is 4.72 Å². The fourth-order valence-electron chi connectivity index (χ4n) is 3.68. The number of rotatable bonds is 10. The van der Waals surface area contributed by atoms with Crippen LogP contribution in [0.2, 0.25) is 0 Å². The number of benzene rings is 1. The first-order valence-electron chi connectivity index (χ1n) is 10.9. The smallest absolute Gasteiger partial charge is 0.441 e. The molecule has 1 aliphatic carbocycles. The van der Waals surface area contributed by atoms with Crippen LogP contribution in [0.4, 0.5) is 13.2 Å². The zero-order chi connectivity index (χ0) is 24.1. The Hall–Kier alpha value is -1.95. The van der Waals surface area contributed by atoms with Crippen molar-refractivity contribution in [1.29, 1.82) is 0 Å². The lowest BCUT2D eigenvalue weighted by Gasteiger charge is -2.29. The molecule has 1 fully saturated rings. The molecule has 0 amide bonds. The fourth-order valence-corrected chi connectivity index (χ4v) is 4.25. The van der Waals surface area contributed by atoms with Gasteiger partial charge < -0.3 is 13.9 Å². The monoisotopic (exact) mass is 490 g/mol. The third-order valence-electron chi connectivity index (χ3n) is 5.46. The number of hydrogen-bond acceptors (Lipinski definition) is 6. The topological polar surface area (TPSA) is 90.7 Å². The van der Waals surface area contributed by atoms with Gasteiger partial charge in [0.25, 0.3) is 0 Å². The largest absolute Gasteiger partial charge is 0.511 e. The van der Waals surface area contributed by atoms with E-state index in [9.17, 15) is 21.6 Å². The molecule has 0 bridgehead atoms. The molecule has 0 saturated heterocycles. The maximum absolute atomic E-state index is 12.3. The van der Waals surface area contributed by atoms with Crippen LogP contribution in [0.25, 0.3) is 11.5 Å². The lowest BCUT2D eigenvalue weighted by atomic mass is 9.95. The number of oxazole rings is 1. The summed E-state index contributed by atoms with van der Waals surface area (Å²) in [5.41, 5.74) is -2.53. The Morgan fingerprint density at radius 3 is 2.61 bits per heavy atom. The maximum atomic E-state index is 12.3. The van der Waals surface area contributed by atoms with Crippen LogP contribution in [0.3, 0.4) is 0 Å². The molecule has 1 saturated carbocycles. The van der Waals surface area contributed by atoms with E-state index in [-0.39, 0.29) is 31.8 Å². The summed E-state index contributed by atoms with van der Waals surface area (Å²) in [7, 11) is -5.31. The fraction of sp³-hybridized carbons (Fsp3) is 0.591. The Balaban J connectivity index is 1.41. The molecule has 11 heteroatoms. The molecule has 1 aromatic carbocycles. The molecule has 2 aromatic rings. The van der Waals surface area contributed by atoms with E-state index >= 15 is 0 Å². The van der Waals surface area contributed by atoms with Crippen molar-refractivity contribution >= 4 is 10.0 Å². The minimum atomic E-state index is -5.31. The van der Waals surface area contributed by atoms with E-state index in [0.717, 1.165) is 36.1 Å². The standard InChI is InChI=1S/C22H29F3N2O5S/c1-15-6-3-7-17(12-15)21-27-20(16(2)32-21)14-31-19-9-4-8-18(13-19)30-11-5-10-26-33(28,29)22(23,24)25/h3,6-7,12,18-19,26H,4-5,8-11,13-14H2,1-2H3/t18-,19+/m1/s1. The second-order valence-electron chi connectivity index (χ2n) is 8.18. The van der Waals surface area contributed by atoms with Gasteiger partial charge in [0.2, 0.25) is 5.89 Å². The minimum absolute atomic E-state index is 0.0222. The second-order valence-corrected chi connectivity index (χ2v) is 9.94. The molecule has 33 heavy (non-hydrogen) atoms. The quantitative estimate of drug-likeness (QED) is 0.489. The van der Waals surface area contributed by atoms with Crippen molar-refractivity contribution in [3.8, 4) is 11.5 Å². The number of aromatic nitrogens is 1. The highest BCUT2D eigenvalue weighted by atomic mass is 32.2. The number of nitrogens with zero attached hydrogens (tertiary/aromatic N) is 1. The predicted molar refractivity (Wildman–Crippen MR) is 116 cm³/mol. The Morgan fingerprint density at radius 1 is 1.18 bits per heavy atom. The van der Waals surface area contributed by atoms with Gasteiger partial charge in [0.15, 0.2) is 0 Å². The molecular formula is C22H29F3N2O5S. The molecule has 3 rings (SSSR count). The summed E-state index contributed by atoms with van der Waals surface area (Å²) in [4.78, 5) is 4.57. The number of sulfonamides is 1. The van der Waals surface area contributed by atoms with Gasteiger partial charge in [0.1, 0.15) is 11.5 Å². The van der Waals surface area contributed by atoms with Gasteiger partial charge in [-0.1, -0.05) is 17.7 Å². The first-order chi connectivity index (χ1) is 15.5. The molecule has 0 radical (unpaired) electrons. The maximum Gasteiger partial charge on any atom is 0.511 e. The Labute approximate surface area is 191 Å². The van der Waals surface area contributed by atoms with Crippen LogP contribution in [0.5, 0.6) is 0 Å². The van der Waals surface area contributed by atoms with E-state index in [2.05, 4.69) is 4.98 Å². The highest BCUT2D eigenvalue weighted by Crippen LogP contribution is 2.27. The number of alkyl halides is 3. The molecule has 0 unspecified atom stereocenters. The van der Waals surface area contributed by atoms with Gasteiger partial charge in [-0.25, -0.2) is 18.1 Å². The first kappa shape index (κ1) is 25.7. The molecule has 0 spiro atoms. The number of aryl methyl sites for hydroxylation is 2. The van der Waals surface area contributed by atoms with Crippen LogP contribution >= 0.6 is 0 Å². The molecule has 1 aliphatic rings. The van der Waals surface area contributed by atoms with Gasteiger partial charge in [-0.2, -0.15) is 13.2 Å². The molecule has 1 heterocycles. The van der Waals surface area contributed by atoms with Crippen LogP contribution < -0.4 is 4.72 Å². The second kappa shape index (κ2) is 11.0. The third-order valence-corrected chi connectivity index (χ3v) is 6.66. The van der Waals surface area contributed by atoms with E-state index in [1.807, 2.05) is 38.1 Å². The van der Waals surface area contributed by atoms with Gasteiger partial charge in [0.05, 0.1) is 18.8 Å². The lowest BCUT2D eigenvalue weighted by molar-refractivity contribution is -0.0518. The Bertz CT molecular complexity index is 1020. The molecule has 2 atom stereocenters. The molecule has 1 N–H and O–H groups in total. The highest BCUT2D eigenvalue weighted by Gasteiger charge is 2.45. The predicted octanol–water partition coefficient (Wildman–Crippen LogP) is 4.63. The normalized spacial score (nSPS) is 19.7. The summed E-state index contributed by atoms with van der Waals surface area (Å²) in [6, 6.07) is 7.91. The molecule has 0 aliphatic heterocycles. The molecule has 184 valence electrons. The van der Waals surface area contributed by atoms with E-state index in [4.69, 9.17) is 13.9 Å². The third kappa shape index (κ3) is 7.26. The van der Waals surface area contributed by atoms with Gasteiger partial charge in [-0.15, -0.1) is 0 Å². The van der Waals surface area contributed by atoms with Crippen LogP contribution in [-0.4, -0.2) is 44.3 Å². The minimum Gasteiger partial charge on any atom is -0.441 e. The Morgan fingerprint density at radius 2 is 1.91 bits per heavy atom. The summed E-state index contributed by atoms with van der Waals surface area (Å²) < 4.78 is 77.9. The zero-order valence-electron chi connectivity index (χ0n) is 18.7. The highest BCUT2D eigenvalue weighted by molar-refractivity contribution is 7.90. The summed E-state index contributed by atoms with van der Waals surface area (Å²) in [6.45, 7) is 4.01. The molecular weight excluding hydrogens is 461 g/mol. The van der Waals surface area contributed by atoms with Crippen molar-refractivity contribution in [2.24, 2.45) is 0 Å². The number of ether oxygens (including phenoxy) is 2. The van der Waals surface area contributed by atoms with Crippen molar-refractivity contribution in [1.82, 2.24) is 9.71 Å². The molecule has 7 nitrogen and oxygen atoms in total. The van der Waals surface area contributed by atoms with Crippen LogP contribution in [-0.2, 0) is 26.1 Å². The average molecular weight is 491 g/mol. The summed E-state index contributed by atoms with van der Waals surface area (Å²) in [6.07, 6.45) is 3.33. The molecule has 1 aromatic heterocycles. The van der Waals surface area contributed by atoms with Crippen molar-refractivity contribution in [2.75, 3.05) is 13.2 Å². The van der Waals surface area contributed by atoms with Crippen molar-refractivity contribution in [3.05, 3.63) is 41.3 Å². The van der Waals surface area contributed by atoms with Crippen LogP contribution in [0.1, 0.15) is 49.1 Å².